The number of rotatable bonds is 1. The molecule has 1 N–H and O–H groups in total. The van der Waals surface area contributed by atoms with Crippen LogP contribution in [0.5, 0.6) is 0 Å². The smallest absolute Gasteiger partial charge is 0.130 e. The van der Waals surface area contributed by atoms with Crippen molar-refractivity contribution in [2.24, 2.45) is 0 Å². The fourth-order valence-electron chi connectivity index (χ4n) is 0. The average Bonchev–Trinajstić information content (AvgIpc) is 1.69. The Hall–Kier alpha value is 0.110. The highest BCUT2D eigenvalue weighted by molar-refractivity contribution is 9.09. The van der Waals surface area contributed by atoms with Crippen LogP contribution in [0.15, 0.2) is 0 Å². The van der Waals surface area contributed by atoms with Gasteiger partial charge in [-0.3, -0.25) is 0 Å². The minimum atomic E-state index is 0.451. The number of carbonyl (C=O) groups is 1. The van der Waals surface area contributed by atoms with Crippen molar-refractivity contribution in [3.05, 3.63) is 0 Å². The Labute approximate surface area is 52.4 Å². The molecule has 0 aromatic heterocycles. The predicted molar refractivity (Wildman–Crippen MR) is 34.8 cm³/mol. The van der Waals surface area contributed by atoms with Gasteiger partial charge in [-0.15, -0.1) is 0 Å². The largest absolute Gasteiger partial charge is 0.323 e. The fraction of sp³-hybridized carbons (Fsp3) is 0.750. The number of hydrogen-bond donors (Lipinski definition) is 1. The topological polar surface area (TPSA) is 29.1 Å². The van der Waals surface area contributed by atoms with E-state index in [0.29, 0.717) is 5.33 Å². The molecule has 0 spiro atoms. The van der Waals surface area contributed by atoms with Crippen molar-refractivity contribution in [3.8, 4) is 0 Å². The van der Waals surface area contributed by atoms with Crippen LogP contribution in [0.3, 0.4) is 0 Å². The van der Waals surface area contributed by atoms with E-state index >= 15 is 0 Å². The number of hydrogen-bond acceptors (Lipinski definition) is 2. The Morgan fingerprint density at radius 1 is 1.71 bits per heavy atom. The maximum absolute atomic E-state index is 9.13. The van der Waals surface area contributed by atoms with Crippen molar-refractivity contribution in [3.63, 3.8) is 0 Å². The highest BCUT2D eigenvalue weighted by Gasteiger charge is 1.55. The summed E-state index contributed by atoms with van der Waals surface area (Å²) in [4.78, 5) is 9.13. The summed E-state index contributed by atoms with van der Waals surface area (Å²) in [6.07, 6.45) is 0.792. The molecule has 7 heavy (non-hydrogen) atoms. The van der Waals surface area contributed by atoms with Gasteiger partial charge in [-0.2, -0.15) is 0 Å². The summed E-state index contributed by atoms with van der Waals surface area (Å²) in [6, 6.07) is 0. The molecule has 0 aromatic carbocycles. The van der Waals surface area contributed by atoms with Gasteiger partial charge in [-0.25, -0.2) is 0 Å². The summed E-state index contributed by atoms with van der Waals surface area (Å²) < 4.78 is 0. The molecule has 2 nitrogen and oxygen atoms in total. The fourth-order valence-corrected chi connectivity index (χ4v) is 0. The third kappa shape index (κ3) is 83.8. The first kappa shape index (κ1) is 10.2. The second-order valence-electron chi connectivity index (χ2n) is 0.821. The highest BCUT2D eigenvalue weighted by Crippen LogP contribution is 1.65. The van der Waals surface area contributed by atoms with E-state index in [0.717, 1.165) is 6.29 Å². The van der Waals surface area contributed by atoms with Crippen LogP contribution >= 0.6 is 15.9 Å². The number of nitrogens with one attached hydrogen (secondary N) is 1. The number of carbonyl (C=O) groups excluding carboxylic acids is 1. The van der Waals surface area contributed by atoms with Crippen LogP contribution in [-0.4, -0.2) is 25.7 Å². The van der Waals surface area contributed by atoms with Crippen molar-refractivity contribution in [1.29, 1.82) is 0 Å². The molecular formula is C4H10BrNO. The van der Waals surface area contributed by atoms with Crippen molar-refractivity contribution >= 4 is 22.2 Å². The summed E-state index contributed by atoms with van der Waals surface area (Å²) in [5.74, 6) is 0. The van der Waals surface area contributed by atoms with Crippen molar-refractivity contribution in [1.82, 2.24) is 5.32 Å². The van der Waals surface area contributed by atoms with Gasteiger partial charge in [0.05, 0.1) is 5.33 Å². The minimum absolute atomic E-state index is 0.451. The molecule has 0 fully saturated rings. The Morgan fingerprint density at radius 2 is 1.86 bits per heavy atom. The SMILES string of the molecule is CNC.O=CCBr. The summed E-state index contributed by atoms with van der Waals surface area (Å²) in [5.41, 5.74) is 0. The molecule has 3 heteroatoms. The Balaban J connectivity index is 0. The van der Waals surface area contributed by atoms with Crippen molar-refractivity contribution in [2.45, 2.75) is 0 Å². The lowest BCUT2D eigenvalue weighted by Gasteiger charge is -1.59. The van der Waals surface area contributed by atoms with E-state index in [2.05, 4.69) is 21.2 Å². The molecule has 0 heterocycles. The zero-order valence-corrected chi connectivity index (χ0v) is 6.16. The van der Waals surface area contributed by atoms with E-state index in [9.17, 15) is 0 Å². The first-order valence-electron chi connectivity index (χ1n) is 1.91. The molecule has 0 unspecified atom stereocenters. The zero-order chi connectivity index (χ0) is 6.12. The van der Waals surface area contributed by atoms with Gasteiger partial charge >= 0.3 is 0 Å². The monoisotopic (exact) mass is 167 g/mol. The molecular weight excluding hydrogens is 158 g/mol. The Kier molecular flexibility index (Phi) is 24.0. The molecule has 0 aliphatic heterocycles. The minimum Gasteiger partial charge on any atom is -0.323 e. The van der Waals surface area contributed by atoms with Crippen LogP contribution in [0, 0.1) is 0 Å². The molecule has 0 saturated carbocycles. The zero-order valence-electron chi connectivity index (χ0n) is 4.57. The second kappa shape index (κ2) is 16.5. The Bertz CT molecular complexity index is 32.9. The highest BCUT2D eigenvalue weighted by atomic mass is 79.9. The number of alkyl halides is 1. The summed E-state index contributed by atoms with van der Waals surface area (Å²) in [6.45, 7) is 0. The maximum atomic E-state index is 9.13. The van der Waals surface area contributed by atoms with E-state index in [1.54, 1.807) is 0 Å². The third-order valence-corrected chi connectivity index (χ3v) is 0.327. The van der Waals surface area contributed by atoms with Crippen LogP contribution < -0.4 is 5.32 Å². The molecule has 0 radical (unpaired) electrons. The van der Waals surface area contributed by atoms with Crippen LogP contribution in [0.4, 0.5) is 0 Å². The number of halogens is 1. The summed E-state index contributed by atoms with van der Waals surface area (Å²) >= 11 is 2.88. The van der Waals surface area contributed by atoms with Gasteiger partial charge in [0, 0.05) is 0 Å². The molecule has 0 atom stereocenters. The number of aldehydes is 1. The molecule has 0 rings (SSSR count). The standard InChI is InChI=1S/C2H3BrO.C2H7N/c3-1-2-4;1-3-2/h2H,1H2;3H,1-2H3. The van der Waals surface area contributed by atoms with E-state index in [4.69, 9.17) is 4.79 Å². The second-order valence-corrected chi connectivity index (χ2v) is 1.47. The van der Waals surface area contributed by atoms with Gasteiger partial charge in [-0.05, 0) is 14.1 Å². The van der Waals surface area contributed by atoms with Crippen LogP contribution in [0.1, 0.15) is 0 Å². The average molecular weight is 168 g/mol. The lowest BCUT2D eigenvalue weighted by atomic mass is 11.0. The molecule has 0 saturated heterocycles. The predicted octanol–water partition coefficient (Wildman–Crippen LogP) is 0.416. The van der Waals surface area contributed by atoms with Crippen LogP contribution in [0.2, 0.25) is 0 Å². The third-order valence-electron chi connectivity index (χ3n) is 0.0630. The van der Waals surface area contributed by atoms with Crippen molar-refractivity contribution < 1.29 is 4.79 Å². The van der Waals surface area contributed by atoms with E-state index in [1.807, 2.05) is 14.1 Å². The molecule has 0 aliphatic rings. The van der Waals surface area contributed by atoms with Gasteiger partial charge in [0.15, 0.2) is 0 Å². The first-order valence-corrected chi connectivity index (χ1v) is 3.03. The first-order chi connectivity index (χ1) is 3.33. The maximum Gasteiger partial charge on any atom is 0.130 e. The van der Waals surface area contributed by atoms with Crippen molar-refractivity contribution in [2.75, 3.05) is 19.4 Å². The summed E-state index contributed by atoms with van der Waals surface area (Å²) in [5, 5.41) is 3.20. The lowest BCUT2D eigenvalue weighted by molar-refractivity contribution is -0.105. The normalized spacial score (nSPS) is 6.14. The van der Waals surface area contributed by atoms with E-state index in [-0.39, 0.29) is 0 Å². The molecule has 0 amide bonds. The lowest BCUT2D eigenvalue weighted by Crippen LogP contribution is -1.89. The van der Waals surface area contributed by atoms with Gasteiger partial charge in [0.25, 0.3) is 0 Å². The molecule has 0 aliphatic carbocycles. The Morgan fingerprint density at radius 3 is 1.86 bits per heavy atom. The van der Waals surface area contributed by atoms with E-state index in [1.165, 1.54) is 0 Å². The van der Waals surface area contributed by atoms with Gasteiger partial charge in [-0.1, -0.05) is 15.9 Å². The molecule has 44 valence electrons. The van der Waals surface area contributed by atoms with Gasteiger partial charge in [0.1, 0.15) is 6.29 Å². The molecule has 0 aromatic rings. The molecule has 0 bridgehead atoms. The van der Waals surface area contributed by atoms with Gasteiger partial charge in [0.2, 0.25) is 0 Å². The van der Waals surface area contributed by atoms with Crippen LogP contribution in [-0.2, 0) is 4.79 Å². The quantitative estimate of drug-likeness (QED) is 0.454. The van der Waals surface area contributed by atoms with Gasteiger partial charge < -0.3 is 10.1 Å². The van der Waals surface area contributed by atoms with Crippen LogP contribution in [0.25, 0.3) is 0 Å². The van der Waals surface area contributed by atoms with E-state index < -0.39 is 0 Å². The summed E-state index contributed by atoms with van der Waals surface area (Å²) in [7, 11) is 3.75.